The Kier molecular flexibility index (Phi) is 8.97. The molecular formula is C64H43N3. The zero-order valence-electron chi connectivity index (χ0n) is 36.7. The van der Waals surface area contributed by atoms with Crippen molar-refractivity contribution in [3.05, 3.63) is 276 Å². The number of rotatable bonds is 6. The molecule has 1 spiro atoms. The van der Waals surface area contributed by atoms with Gasteiger partial charge in [0.05, 0.1) is 12.0 Å². The van der Waals surface area contributed by atoms with E-state index in [0.29, 0.717) is 18.2 Å². The Bertz CT molecular complexity index is 3780. The Hall–Kier alpha value is -8.66. The van der Waals surface area contributed by atoms with Gasteiger partial charge in [-0.05, 0) is 117 Å². The molecule has 0 unspecified atom stereocenters. The van der Waals surface area contributed by atoms with E-state index in [1.165, 1.54) is 88.0 Å². The third-order valence-electron chi connectivity index (χ3n) is 14.2. The molecule has 13 rings (SSSR count). The average Bonchev–Trinajstić information content (AvgIpc) is 3.87. The van der Waals surface area contributed by atoms with Crippen LogP contribution in [0.15, 0.2) is 247 Å². The molecule has 2 aliphatic carbocycles. The van der Waals surface area contributed by atoms with Gasteiger partial charge in [0.1, 0.15) is 5.84 Å². The molecule has 11 aromatic carbocycles. The summed E-state index contributed by atoms with van der Waals surface area (Å²) in [6, 6.07) is 85.5. The van der Waals surface area contributed by atoms with Crippen molar-refractivity contribution in [3.63, 3.8) is 0 Å². The van der Waals surface area contributed by atoms with Crippen molar-refractivity contribution in [3.8, 4) is 44.5 Å². The maximum atomic E-state index is 6.73. The summed E-state index contributed by atoms with van der Waals surface area (Å²) in [7, 11) is 0. The lowest BCUT2D eigenvalue weighted by Crippen LogP contribution is -2.25. The van der Waals surface area contributed by atoms with E-state index < -0.39 is 0 Å². The van der Waals surface area contributed by atoms with E-state index in [-0.39, 0.29) is 5.41 Å². The molecular weight excluding hydrogens is 811 g/mol. The fourth-order valence-corrected chi connectivity index (χ4v) is 11.2. The molecule has 0 atom stereocenters. The first-order chi connectivity index (χ1) is 33.1. The van der Waals surface area contributed by atoms with Crippen LogP contribution in [0.25, 0.3) is 76.8 Å². The number of aliphatic imine (C=N–C) groups is 2. The maximum Gasteiger partial charge on any atom is 0.157 e. The first kappa shape index (κ1) is 38.8. The summed E-state index contributed by atoms with van der Waals surface area (Å²) in [5.41, 5.74) is 24.6. The fraction of sp³-hybridized carbons (Fsp3) is 0.0312. The van der Waals surface area contributed by atoms with Crippen LogP contribution < -0.4 is 5.73 Å². The molecule has 67 heavy (non-hydrogen) atoms. The lowest BCUT2D eigenvalue weighted by Gasteiger charge is -2.30. The summed E-state index contributed by atoms with van der Waals surface area (Å²) in [4.78, 5) is 10.1. The number of fused-ring (bicyclic) bond motifs is 16. The highest BCUT2D eigenvalue weighted by Crippen LogP contribution is 2.63. The number of benzene rings is 11. The Balaban J connectivity index is 0.928. The third-order valence-corrected chi connectivity index (χ3v) is 14.2. The second kappa shape index (κ2) is 15.5. The van der Waals surface area contributed by atoms with Gasteiger partial charge in [0, 0.05) is 11.1 Å². The Labute approximate surface area is 389 Å². The molecule has 0 fully saturated rings. The SMILES string of the molecule is NC(=NC(=NCc1ccc2c(c1)c1ccccc1c1cccc(-c3ccc4c(c3)-c3ccccc3C43c4ccccc4-c4ccccc43)c12)c1ccccc1)c1ccc(-c2ccccc2)cc1. The zero-order valence-corrected chi connectivity index (χ0v) is 36.7. The van der Waals surface area contributed by atoms with Gasteiger partial charge in [-0.25, -0.2) is 4.99 Å². The van der Waals surface area contributed by atoms with E-state index in [1.807, 2.05) is 48.5 Å². The van der Waals surface area contributed by atoms with E-state index in [1.54, 1.807) is 0 Å². The molecule has 0 amide bonds. The molecule has 0 radical (unpaired) electrons. The minimum atomic E-state index is -0.371. The molecule has 0 saturated carbocycles. The smallest absolute Gasteiger partial charge is 0.157 e. The van der Waals surface area contributed by atoms with E-state index in [9.17, 15) is 0 Å². The molecule has 0 aliphatic heterocycles. The van der Waals surface area contributed by atoms with Crippen molar-refractivity contribution in [2.45, 2.75) is 12.0 Å². The average molecular weight is 854 g/mol. The van der Waals surface area contributed by atoms with Gasteiger partial charge in [-0.2, -0.15) is 0 Å². The highest BCUT2D eigenvalue weighted by atomic mass is 15.0. The largest absolute Gasteiger partial charge is 0.383 e. The maximum absolute atomic E-state index is 6.73. The topological polar surface area (TPSA) is 50.7 Å². The second-order valence-corrected chi connectivity index (χ2v) is 17.7. The lowest BCUT2D eigenvalue weighted by molar-refractivity contribution is 0.794. The van der Waals surface area contributed by atoms with Crippen LogP contribution in [-0.2, 0) is 12.0 Å². The molecule has 0 heterocycles. The normalized spacial score (nSPS) is 13.5. The van der Waals surface area contributed by atoms with Crippen LogP contribution in [0, 0.1) is 0 Å². The minimum absolute atomic E-state index is 0.371. The van der Waals surface area contributed by atoms with Crippen molar-refractivity contribution in [1.29, 1.82) is 0 Å². The predicted molar refractivity (Wildman–Crippen MR) is 280 cm³/mol. The highest BCUT2D eigenvalue weighted by molar-refractivity contribution is 6.28. The summed E-state index contributed by atoms with van der Waals surface area (Å²) in [6.07, 6.45) is 0. The Morgan fingerprint density at radius 1 is 0.358 bits per heavy atom. The van der Waals surface area contributed by atoms with E-state index >= 15 is 0 Å². The van der Waals surface area contributed by atoms with Crippen LogP contribution in [-0.4, -0.2) is 11.7 Å². The molecule has 2 N–H and O–H groups in total. The number of amidine groups is 2. The van der Waals surface area contributed by atoms with E-state index in [2.05, 4.69) is 188 Å². The molecule has 2 aliphatic rings. The van der Waals surface area contributed by atoms with Crippen molar-refractivity contribution in [2.24, 2.45) is 15.7 Å². The second-order valence-electron chi connectivity index (χ2n) is 17.7. The number of nitrogens with two attached hydrogens (primary N) is 1. The van der Waals surface area contributed by atoms with Crippen LogP contribution in [0.1, 0.15) is 38.9 Å². The fourth-order valence-electron chi connectivity index (χ4n) is 11.2. The Morgan fingerprint density at radius 3 is 1.55 bits per heavy atom. The number of nitrogens with zero attached hydrogens (tertiary/aromatic N) is 2. The minimum Gasteiger partial charge on any atom is -0.383 e. The van der Waals surface area contributed by atoms with Crippen molar-refractivity contribution < 1.29 is 0 Å². The van der Waals surface area contributed by atoms with Crippen molar-refractivity contribution in [2.75, 3.05) is 0 Å². The first-order valence-electron chi connectivity index (χ1n) is 23.1. The quantitative estimate of drug-likeness (QED) is 0.101. The van der Waals surface area contributed by atoms with Crippen LogP contribution in [0.3, 0.4) is 0 Å². The summed E-state index contributed by atoms with van der Waals surface area (Å²) in [5, 5.41) is 7.38. The molecule has 0 saturated heterocycles. The van der Waals surface area contributed by atoms with Gasteiger partial charge < -0.3 is 5.73 Å². The highest BCUT2D eigenvalue weighted by Gasteiger charge is 2.51. The monoisotopic (exact) mass is 853 g/mol. The number of hydrogen-bond acceptors (Lipinski definition) is 1. The van der Waals surface area contributed by atoms with Gasteiger partial charge in [-0.3, -0.25) is 4.99 Å². The van der Waals surface area contributed by atoms with Gasteiger partial charge in [0.2, 0.25) is 0 Å². The van der Waals surface area contributed by atoms with Crippen LogP contribution in [0.5, 0.6) is 0 Å². The summed E-state index contributed by atoms with van der Waals surface area (Å²) >= 11 is 0. The van der Waals surface area contributed by atoms with Gasteiger partial charge >= 0.3 is 0 Å². The molecule has 0 aromatic heterocycles. The zero-order chi connectivity index (χ0) is 44.5. The standard InChI is InChI=1S/C64H43N3/c65-62(44-33-31-43(32-34-44)42-16-3-1-4-17-42)67-63(45-18-5-2-6-19-45)66-40-41-30-36-54-55(38-41)49-21-8-7-20-48(49)53-26-15-25-47(61(53)54)46-35-37-60-56(39-46)52-24-11-14-29-59(52)64(60)57-27-12-9-22-50(57)51-23-10-13-28-58(51)64/h1-39H,40H2,(H2,65,66,67). The third kappa shape index (κ3) is 6.05. The van der Waals surface area contributed by atoms with Gasteiger partial charge in [-0.1, -0.05) is 224 Å². The predicted octanol–water partition coefficient (Wildman–Crippen LogP) is 15.2. The van der Waals surface area contributed by atoms with Gasteiger partial charge in [0.25, 0.3) is 0 Å². The van der Waals surface area contributed by atoms with E-state index in [4.69, 9.17) is 15.7 Å². The Morgan fingerprint density at radius 2 is 0.866 bits per heavy atom. The van der Waals surface area contributed by atoms with Crippen molar-refractivity contribution >= 4 is 44.0 Å². The lowest BCUT2D eigenvalue weighted by atomic mass is 9.70. The molecule has 3 nitrogen and oxygen atoms in total. The summed E-state index contributed by atoms with van der Waals surface area (Å²) < 4.78 is 0. The van der Waals surface area contributed by atoms with Crippen LogP contribution in [0.4, 0.5) is 0 Å². The first-order valence-corrected chi connectivity index (χ1v) is 23.1. The van der Waals surface area contributed by atoms with E-state index in [0.717, 1.165) is 27.8 Å². The summed E-state index contributed by atoms with van der Waals surface area (Å²) in [6.45, 7) is 0.441. The van der Waals surface area contributed by atoms with Gasteiger partial charge in [0.15, 0.2) is 5.84 Å². The van der Waals surface area contributed by atoms with Gasteiger partial charge in [-0.15, -0.1) is 0 Å². The summed E-state index contributed by atoms with van der Waals surface area (Å²) in [5.74, 6) is 1.02. The van der Waals surface area contributed by atoms with Crippen LogP contribution >= 0.6 is 0 Å². The molecule has 11 aromatic rings. The molecule has 314 valence electrons. The molecule has 0 bridgehead atoms. The number of hydrogen-bond donors (Lipinski definition) is 1. The van der Waals surface area contributed by atoms with Crippen molar-refractivity contribution in [1.82, 2.24) is 0 Å². The molecule has 3 heteroatoms. The van der Waals surface area contributed by atoms with Crippen LogP contribution in [0.2, 0.25) is 0 Å².